The molecule has 1 unspecified atom stereocenters. The van der Waals surface area contributed by atoms with Gasteiger partial charge in [0.05, 0.1) is 22.2 Å². The molecular formula is C10H11Cl3F3NO. The largest absolute Gasteiger partial charge is 0.416 e. The van der Waals surface area contributed by atoms with Gasteiger partial charge in [-0.2, -0.15) is 13.2 Å². The molecule has 1 rings (SSSR count). The van der Waals surface area contributed by atoms with E-state index in [9.17, 15) is 13.2 Å². The average Bonchev–Trinajstić information content (AvgIpc) is 2.22. The molecule has 18 heavy (non-hydrogen) atoms. The molecule has 0 saturated carbocycles. The molecule has 0 saturated heterocycles. The van der Waals surface area contributed by atoms with Crippen LogP contribution in [0.15, 0.2) is 12.1 Å². The van der Waals surface area contributed by atoms with Crippen molar-refractivity contribution in [2.45, 2.75) is 18.6 Å². The fraction of sp³-hybridized carbons (Fsp3) is 0.400. The van der Waals surface area contributed by atoms with Crippen LogP contribution >= 0.6 is 35.6 Å². The third-order valence-electron chi connectivity index (χ3n) is 2.20. The first kappa shape index (κ1) is 17.8. The van der Waals surface area contributed by atoms with E-state index < -0.39 is 24.4 Å². The summed E-state index contributed by atoms with van der Waals surface area (Å²) in [5.74, 6) is 0. The second kappa shape index (κ2) is 6.82. The fourth-order valence-electron chi connectivity index (χ4n) is 1.38. The minimum Gasteiger partial charge on any atom is -0.395 e. The molecule has 1 atom stereocenters. The minimum atomic E-state index is -4.53. The van der Waals surface area contributed by atoms with Crippen LogP contribution in [0.2, 0.25) is 10.0 Å². The molecule has 0 bridgehead atoms. The second-order valence-corrected chi connectivity index (χ2v) is 4.32. The van der Waals surface area contributed by atoms with Crippen molar-refractivity contribution in [1.29, 1.82) is 0 Å². The van der Waals surface area contributed by atoms with Gasteiger partial charge in [0.25, 0.3) is 0 Å². The van der Waals surface area contributed by atoms with Gasteiger partial charge in [0.1, 0.15) is 0 Å². The topological polar surface area (TPSA) is 46.2 Å². The number of hydrogen-bond acceptors (Lipinski definition) is 2. The Bertz CT molecular complexity index is 412. The first-order valence-electron chi connectivity index (χ1n) is 4.68. The van der Waals surface area contributed by atoms with Crippen molar-refractivity contribution in [2.75, 3.05) is 6.61 Å². The van der Waals surface area contributed by atoms with Gasteiger partial charge in [0.15, 0.2) is 0 Å². The highest BCUT2D eigenvalue weighted by Crippen LogP contribution is 2.38. The monoisotopic (exact) mass is 323 g/mol. The van der Waals surface area contributed by atoms with E-state index in [1.54, 1.807) is 0 Å². The highest BCUT2D eigenvalue weighted by molar-refractivity contribution is 6.42. The van der Waals surface area contributed by atoms with Gasteiger partial charge in [0, 0.05) is 6.04 Å². The lowest BCUT2D eigenvalue weighted by Gasteiger charge is -2.17. The molecule has 0 radical (unpaired) electrons. The summed E-state index contributed by atoms with van der Waals surface area (Å²) >= 11 is 11.4. The van der Waals surface area contributed by atoms with Crippen molar-refractivity contribution in [3.63, 3.8) is 0 Å². The number of halogens is 6. The van der Waals surface area contributed by atoms with Crippen LogP contribution in [0.3, 0.4) is 0 Å². The summed E-state index contributed by atoms with van der Waals surface area (Å²) in [5, 5.41) is 8.62. The summed E-state index contributed by atoms with van der Waals surface area (Å²) in [6.07, 6.45) is -4.72. The van der Waals surface area contributed by atoms with E-state index in [-0.39, 0.29) is 34.4 Å². The summed E-state index contributed by atoms with van der Waals surface area (Å²) in [7, 11) is 0. The van der Waals surface area contributed by atoms with Gasteiger partial charge in [-0.3, -0.25) is 0 Å². The Labute approximate surface area is 118 Å². The van der Waals surface area contributed by atoms with E-state index in [2.05, 4.69) is 0 Å². The molecule has 0 aromatic heterocycles. The summed E-state index contributed by atoms with van der Waals surface area (Å²) in [6.45, 7) is -0.430. The van der Waals surface area contributed by atoms with Crippen molar-refractivity contribution in [2.24, 2.45) is 5.73 Å². The number of benzene rings is 1. The number of alkyl halides is 3. The molecule has 104 valence electrons. The normalized spacial score (nSPS) is 13.1. The molecule has 0 spiro atoms. The summed E-state index contributed by atoms with van der Waals surface area (Å²) < 4.78 is 38.1. The molecule has 0 heterocycles. The van der Waals surface area contributed by atoms with Gasteiger partial charge in [-0.15, -0.1) is 12.4 Å². The Hall–Kier alpha value is -0.200. The Balaban J connectivity index is 0.00000289. The Morgan fingerprint density at radius 3 is 2.28 bits per heavy atom. The van der Waals surface area contributed by atoms with Crippen LogP contribution in [0.1, 0.15) is 11.1 Å². The van der Waals surface area contributed by atoms with Gasteiger partial charge in [0.2, 0.25) is 0 Å². The maximum absolute atomic E-state index is 12.7. The first-order chi connectivity index (χ1) is 7.77. The Kier molecular flexibility index (Phi) is 6.74. The van der Waals surface area contributed by atoms with E-state index in [1.807, 2.05) is 0 Å². The molecule has 3 N–H and O–H groups in total. The molecule has 0 aliphatic heterocycles. The number of aliphatic hydroxyl groups excluding tert-OH is 1. The lowest BCUT2D eigenvalue weighted by molar-refractivity contribution is -0.138. The predicted molar refractivity (Wildman–Crippen MR) is 67.5 cm³/mol. The van der Waals surface area contributed by atoms with E-state index in [1.165, 1.54) is 0 Å². The molecule has 0 aliphatic rings. The zero-order valence-corrected chi connectivity index (χ0v) is 11.3. The van der Waals surface area contributed by atoms with Crippen molar-refractivity contribution < 1.29 is 18.3 Å². The Morgan fingerprint density at radius 2 is 1.83 bits per heavy atom. The summed E-state index contributed by atoms with van der Waals surface area (Å²) in [5.41, 5.74) is 4.35. The van der Waals surface area contributed by atoms with Crippen molar-refractivity contribution in [3.05, 3.63) is 33.3 Å². The van der Waals surface area contributed by atoms with Gasteiger partial charge in [-0.1, -0.05) is 23.2 Å². The van der Waals surface area contributed by atoms with E-state index in [4.69, 9.17) is 34.0 Å². The van der Waals surface area contributed by atoms with Crippen LogP contribution in [0, 0.1) is 0 Å². The molecule has 2 nitrogen and oxygen atoms in total. The van der Waals surface area contributed by atoms with Crippen LogP contribution < -0.4 is 5.73 Å². The Morgan fingerprint density at radius 1 is 1.28 bits per heavy atom. The minimum absolute atomic E-state index is 0. The van der Waals surface area contributed by atoms with Gasteiger partial charge < -0.3 is 10.8 Å². The quantitative estimate of drug-likeness (QED) is 0.896. The summed E-state index contributed by atoms with van der Waals surface area (Å²) in [6, 6.07) is 1.13. The standard InChI is InChI=1S/C10H10Cl2F3NO.ClH/c11-8-2-1-7(10(13,14)15)6(9(8)12)3-5(16)4-17;/h1-2,5,17H,3-4,16H2;1H. The number of rotatable bonds is 3. The number of aliphatic hydroxyl groups is 1. The van der Waals surface area contributed by atoms with E-state index in [0.717, 1.165) is 12.1 Å². The molecular weight excluding hydrogens is 313 g/mol. The highest BCUT2D eigenvalue weighted by atomic mass is 35.5. The van der Waals surface area contributed by atoms with Gasteiger partial charge in [-0.25, -0.2) is 0 Å². The lowest BCUT2D eigenvalue weighted by atomic mass is 10.0. The highest BCUT2D eigenvalue weighted by Gasteiger charge is 2.34. The SMILES string of the molecule is Cl.NC(CO)Cc1c(C(F)(F)F)ccc(Cl)c1Cl. The first-order valence-corrected chi connectivity index (χ1v) is 5.43. The average molecular weight is 325 g/mol. The molecule has 8 heteroatoms. The smallest absolute Gasteiger partial charge is 0.395 e. The summed E-state index contributed by atoms with van der Waals surface area (Å²) in [4.78, 5) is 0. The molecule has 0 aliphatic carbocycles. The third kappa shape index (κ3) is 4.17. The predicted octanol–water partition coefficient (Wildman–Crippen LogP) is 3.30. The fourth-order valence-corrected chi connectivity index (χ4v) is 1.80. The number of hydrogen-bond donors (Lipinski definition) is 2. The molecule has 0 fully saturated rings. The number of nitrogens with two attached hydrogens (primary N) is 1. The molecule has 0 amide bonds. The maximum Gasteiger partial charge on any atom is 0.416 e. The van der Waals surface area contributed by atoms with E-state index >= 15 is 0 Å². The second-order valence-electron chi connectivity index (χ2n) is 3.53. The van der Waals surface area contributed by atoms with Gasteiger partial charge in [-0.05, 0) is 24.1 Å². The van der Waals surface area contributed by atoms with Crippen LogP contribution in [0.25, 0.3) is 0 Å². The van der Waals surface area contributed by atoms with Crippen LogP contribution in [-0.4, -0.2) is 17.8 Å². The zero-order chi connectivity index (χ0) is 13.2. The van der Waals surface area contributed by atoms with Crippen molar-refractivity contribution in [1.82, 2.24) is 0 Å². The van der Waals surface area contributed by atoms with Crippen LogP contribution in [0.5, 0.6) is 0 Å². The maximum atomic E-state index is 12.7. The van der Waals surface area contributed by atoms with E-state index in [0.29, 0.717) is 0 Å². The van der Waals surface area contributed by atoms with Gasteiger partial charge >= 0.3 is 6.18 Å². The zero-order valence-electron chi connectivity index (χ0n) is 8.97. The van der Waals surface area contributed by atoms with Crippen molar-refractivity contribution >= 4 is 35.6 Å². The molecule has 1 aromatic carbocycles. The lowest BCUT2D eigenvalue weighted by Crippen LogP contribution is -2.28. The van der Waals surface area contributed by atoms with Crippen LogP contribution in [0.4, 0.5) is 13.2 Å². The third-order valence-corrected chi connectivity index (χ3v) is 3.05. The van der Waals surface area contributed by atoms with Crippen LogP contribution in [-0.2, 0) is 12.6 Å². The van der Waals surface area contributed by atoms with Crippen molar-refractivity contribution in [3.8, 4) is 0 Å². The molecule has 1 aromatic rings.